The van der Waals surface area contributed by atoms with Crippen LogP contribution < -0.4 is 0 Å². The highest BCUT2D eigenvalue weighted by molar-refractivity contribution is 5.67. The molecule has 190 valence electrons. The Bertz CT molecular complexity index is 1010. The van der Waals surface area contributed by atoms with Crippen LogP contribution in [-0.4, -0.2) is 23.6 Å². The van der Waals surface area contributed by atoms with Gasteiger partial charge in [-0.15, -0.1) is 0 Å². The standard InChI is InChI=1S/C31H42O4/c1-21-12-15-27(34-23(3)32)20-26(21)14-13-25-11-9-19-31(7)28(16-17-29(25)31)22(2)10-8-18-30(5,6)35-24(4)33/h13-14,16,22,27,29H,1,9-12,15,17,19-20H2,2-7H3/b25-13+,26-14-/t22-,27-,29+,31-/m1/s1. The highest BCUT2D eigenvalue weighted by Gasteiger charge is 2.45. The molecular formula is C31H42O4. The monoisotopic (exact) mass is 478 g/mol. The first-order valence-corrected chi connectivity index (χ1v) is 13.1. The van der Waals surface area contributed by atoms with E-state index in [1.807, 2.05) is 13.8 Å². The number of rotatable bonds is 5. The predicted molar refractivity (Wildman–Crippen MR) is 140 cm³/mol. The number of allylic oxidation sites excluding steroid dienone is 6. The Balaban J connectivity index is 1.71. The van der Waals surface area contributed by atoms with Gasteiger partial charge in [-0.05, 0) is 75.2 Å². The molecule has 0 aromatic carbocycles. The van der Waals surface area contributed by atoms with Crippen molar-refractivity contribution >= 4 is 11.9 Å². The Morgan fingerprint density at radius 3 is 2.69 bits per heavy atom. The van der Waals surface area contributed by atoms with Gasteiger partial charge in [-0.2, -0.15) is 0 Å². The number of hydrogen-bond acceptors (Lipinski definition) is 4. The second kappa shape index (κ2) is 11.0. The van der Waals surface area contributed by atoms with E-state index in [1.165, 1.54) is 43.4 Å². The molecule has 3 aliphatic carbocycles. The van der Waals surface area contributed by atoms with Gasteiger partial charge in [0.25, 0.3) is 0 Å². The average molecular weight is 479 g/mol. The molecule has 0 saturated heterocycles. The molecule has 4 nitrogen and oxygen atoms in total. The van der Waals surface area contributed by atoms with Gasteiger partial charge in [-0.25, -0.2) is 0 Å². The van der Waals surface area contributed by atoms with Crippen LogP contribution in [0.4, 0.5) is 0 Å². The van der Waals surface area contributed by atoms with Crippen molar-refractivity contribution in [2.45, 2.75) is 105 Å². The summed E-state index contributed by atoms with van der Waals surface area (Å²) in [5.41, 5.74) is 4.84. The number of esters is 2. The Hall–Kier alpha value is -2.54. The maximum absolute atomic E-state index is 11.4. The Labute approximate surface area is 211 Å². The zero-order chi connectivity index (χ0) is 25.8. The average Bonchev–Trinajstić information content (AvgIpc) is 3.10. The van der Waals surface area contributed by atoms with Crippen LogP contribution in [0.25, 0.3) is 0 Å². The summed E-state index contributed by atoms with van der Waals surface area (Å²) < 4.78 is 10.8. The molecule has 3 rings (SSSR count). The van der Waals surface area contributed by atoms with Crippen LogP contribution in [0.2, 0.25) is 0 Å². The Kier molecular flexibility index (Phi) is 8.52. The van der Waals surface area contributed by atoms with Crippen molar-refractivity contribution in [2.75, 3.05) is 0 Å². The molecule has 0 N–H and O–H groups in total. The largest absolute Gasteiger partial charge is 0.462 e. The number of ether oxygens (including phenoxy) is 2. The zero-order valence-corrected chi connectivity index (χ0v) is 22.5. The van der Waals surface area contributed by atoms with E-state index in [9.17, 15) is 9.59 Å². The lowest BCUT2D eigenvalue weighted by atomic mass is 9.62. The van der Waals surface area contributed by atoms with Gasteiger partial charge >= 0.3 is 11.9 Å². The van der Waals surface area contributed by atoms with E-state index >= 15 is 0 Å². The van der Waals surface area contributed by atoms with E-state index < -0.39 is 5.60 Å². The maximum atomic E-state index is 11.4. The van der Waals surface area contributed by atoms with Gasteiger partial charge in [0.2, 0.25) is 0 Å². The second-order valence-electron chi connectivity index (χ2n) is 11.2. The van der Waals surface area contributed by atoms with Crippen LogP contribution in [0.3, 0.4) is 0 Å². The third kappa shape index (κ3) is 6.78. The van der Waals surface area contributed by atoms with Crippen LogP contribution in [-0.2, 0) is 19.1 Å². The number of hydrogen-bond donors (Lipinski definition) is 0. The molecule has 2 saturated carbocycles. The summed E-state index contributed by atoms with van der Waals surface area (Å²) in [5, 5.41) is 0. The van der Waals surface area contributed by atoms with Gasteiger partial charge in [0, 0.05) is 26.7 Å². The smallest absolute Gasteiger partial charge is 0.304 e. The van der Waals surface area contributed by atoms with Crippen LogP contribution in [0.15, 0.2) is 47.1 Å². The molecule has 0 spiro atoms. The molecule has 4 heteroatoms. The van der Waals surface area contributed by atoms with E-state index in [2.05, 4.69) is 50.5 Å². The number of carbonyl (C=O) groups excluding carboxylic acids is 2. The van der Waals surface area contributed by atoms with Gasteiger partial charge < -0.3 is 9.47 Å². The van der Waals surface area contributed by atoms with Crippen LogP contribution in [0.5, 0.6) is 0 Å². The highest BCUT2D eigenvalue weighted by atomic mass is 16.6. The normalized spacial score (nSPS) is 29.7. The summed E-state index contributed by atoms with van der Waals surface area (Å²) in [6.07, 6.45) is 14.9. The van der Waals surface area contributed by atoms with E-state index in [1.54, 1.807) is 0 Å². The number of fused-ring (bicyclic) bond motifs is 1. The van der Waals surface area contributed by atoms with Crippen LogP contribution in [0, 0.1) is 29.1 Å². The van der Waals surface area contributed by atoms with Crippen LogP contribution in [0.1, 0.15) is 92.9 Å². The third-order valence-corrected chi connectivity index (χ3v) is 7.84. The molecule has 0 radical (unpaired) electrons. The molecule has 3 aliphatic rings. The SMILES string of the molecule is C=C1CC[C@@H](OC(C)=O)C/C1=C/C=C1\CCC[C@]2(C)C([C@H](C)CC#CC(C)(C)OC(C)=O)=CC[C@@H]12. The minimum absolute atomic E-state index is 0.0354. The van der Waals surface area contributed by atoms with Gasteiger partial charge in [0.15, 0.2) is 5.60 Å². The fraction of sp³-hybridized carbons (Fsp3) is 0.613. The van der Waals surface area contributed by atoms with Gasteiger partial charge in [0.1, 0.15) is 6.10 Å². The topological polar surface area (TPSA) is 52.6 Å². The van der Waals surface area contributed by atoms with Crippen molar-refractivity contribution in [1.82, 2.24) is 0 Å². The fourth-order valence-corrected chi connectivity index (χ4v) is 6.24. The van der Waals surface area contributed by atoms with E-state index in [0.717, 1.165) is 44.1 Å². The summed E-state index contributed by atoms with van der Waals surface area (Å²) in [7, 11) is 0. The van der Waals surface area contributed by atoms with Crippen molar-refractivity contribution in [3.63, 3.8) is 0 Å². The van der Waals surface area contributed by atoms with Gasteiger partial charge in [0.05, 0.1) is 0 Å². The van der Waals surface area contributed by atoms with E-state index in [4.69, 9.17) is 9.47 Å². The molecule has 35 heavy (non-hydrogen) atoms. The third-order valence-electron chi connectivity index (χ3n) is 7.84. The molecule has 0 heterocycles. The van der Waals surface area contributed by atoms with E-state index in [0.29, 0.717) is 11.8 Å². The predicted octanol–water partition coefficient (Wildman–Crippen LogP) is 7.02. The van der Waals surface area contributed by atoms with Crippen molar-refractivity contribution in [3.8, 4) is 11.8 Å². The summed E-state index contributed by atoms with van der Waals surface area (Å²) in [6.45, 7) is 15.5. The van der Waals surface area contributed by atoms with Crippen molar-refractivity contribution in [1.29, 1.82) is 0 Å². The zero-order valence-electron chi connectivity index (χ0n) is 22.5. The summed E-state index contributed by atoms with van der Waals surface area (Å²) in [6, 6.07) is 0. The summed E-state index contributed by atoms with van der Waals surface area (Å²) in [5.74, 6) is 6.80. The lowest BCUT2D eigenvalue weighted by Crippen LogP contribution is -2.32. The van der Waals surface area contributed by atoms with Gasteiger partial charge in [-0.3, -0.25) is 9.59 Å². The van der Waals surface area contributed by atoms with Crippen molar-refractivity contribution < 1.29 is 19.1 Å². The summed E-state index contributed by atoms with van der Waals surface area (Å²) in [4.78, 5) is 22.7. The Morgan fingerprint density at radius 2 is 2.00 bits per heavy atom. The lowest BCUT2D eigenvalue weighted by Gasteiger charge is -2.42. The first kappa shape index (κ1) is 27.1. The fourth-order valence-electron chi connectivity index (χ4n) is 6.24. The molecule has 0 aromatic heterocycles. The first-order valence-electron chi connectivity index (χ1n) is 13.1. The number of carbonyl (C=O) groups is 2. The molecule has 0 unspecified atom stereocenters. The minimum atomic E-state index is -0.756. The minimum Gasteiger partial charge on any atom is -0.462 e. The quantitative estimate of drug-likeness (QED) is 0.242. The lowest BCUT2D eigenvalue weighted by molar-refractivity contribution is -0.149. The van der Waals surface area contributed by atoms with E-state index in [-0.39, 0.29) is 23.5 Å². The molecule has 2 fully saturated rings. The van der Waals surface area contributed by atoms with Crippen molar-refractivity contribution in [3.05, 3.63) is 47.1 Å². The molecule has 0 bridgehead atoms. The molecule has 0 aliphatic heterocycles. The summed E-state index contributed by atoms with van der Waals surface area (Å²) >= 11 is 0. The highest BCUT2D eigenvalue weighted by Crippen LogP contribution is 2.56. The Morgan fingerprint density at radius 1 is 1.26 bits per heavy atom. The molecular weight excluding hydrogens is 436 g/mol. The molecule has 0 amide bonds. The molecule has 0 aromatic rings. The molecule has 4 atom stereocenters. The van der Waals surface area contributed by atoms with Gasteiger partial charge in [-0.1, -0.05) is 67.2 Å². The van der Waals surface area contributed by atoms with Crippen molar-refractivity contribution in [2.24, 2.45) is 17.3 Å². The first-order chi connectivity index (χ1) is 16.4. The maximum Gasteiger partial charge on any atom is 0.304 e. The van der Waals surface area contributed by atoms with Crippen LogP contribution >= 0.6 is 0 Å². The second-order valence-corrected chi connectivity index (χ2v) is 11.2.